The summed E-state index contributed by atoms with van der Waals surface area (Å²) in [6.07, 6.45) is 4.49. The highest BCUT2D eigenvalue weighted by atomic mass is 16.4. The van der Waals surface area contributed by atoms with Crippen LogP contribution in [-0.4, -0.2) is 22.6 Å². The monoisotopic (exact) mass is 303 g/mol. The van der Waals surface area contributed by atoms with Crippen molar-refractivity contribution in [3.63, 3.8) is 0 Å². The maximum absolute atomic E-state index is 11.5. The molecule has 3 heteroatoms. The van der Waals surface area contributed by atoms with Gasteiger partial charge in [0.05, 0.1) is 6.04 Å². The highest BCUT2D eigenvalue weighted by Gasteiger charge is 2.20. The fourth-order valence-electron chi connectivity index (χ4n) is 2.53. The second-order valence-electron chi connectivity index (χ2n) is 6.32. The van der Waals surface area contributed by atoms with E-state index in [-0.39, 0.29) is 6.04 Å². The predicted octanol–water partition coefficient (Wildman–Crippen LogP) is 5.50. The third-order valence-electron chi connectivity index (χ3n) is 4.07. The van der Waals surface area contributed by atoms with E-state index in [0.29, 0.717) is 12.5 Å². The van der Waals surface area contributed by atoms with Gasteiger partial charge in [-0.15, -0.1) is 0 Å². The Morgan fingerprint density at radius 2 is 1.82 bits per heavy atom. The fraction of sp³-hybridized carbons (Fsp3) is 0.526. The summed E-state index contributed by atoms with van der Waals surface area (Å²) in [6.45, 7) is 8.96. The molecular formula is C19H29NO2. The van der Waals surface area contributed by atoms with Crippen molar-refractivity contribution in [3.8, 4) is 0 Å². The number of benzene rings is 1. The lowest BCUT2D eigenvalue weighted by atomic mass is 9.99. The molecule has 0 aromatic heterocycles. The number of allylic oxidation sites excluding steroid dienone is 2. The van der Waals surface area contributed by atoms with Gasteiger partial charge in [-0.2, -0.15) is 0 Å². The smallest absolute Gasteiger partial charge is 0.407 e. The van der Waals surface area contributed by atoms with Crippen LogP contribution in [0.5, 0.6) is 0 Å². The fourth-order valence-corrected chi connectivity index (χ4v) is 2.53. The van der Waals surface area contributed by atoms with E-state index in [1.807, 2.05) is 37.3 Å². The van der Waals surface area contributed by atoms with Crippen LogP contribution in [0, 0.1) is 5.92 Å². The number of carboxylic acid groups (broad SMARTS) is 1. The summed E-state index contributed by atoms with van der Waals surface area (Å²) in [5, 5.41) is 9.48. The first kappa shape index (κ1) is 18.3. The van der Waals surface area contributed by atoms with Gasteiger partial charge in [-0.05, 0) is 51.5 Å². The van der Waals surface area contributed by atoms with Gasteiger partial charge in [0.1, 0.15) is 0 Å². The number of rotatable bonds is 8. The molecule has 0 aliphatic rings. The molecule has 0 aliphatic carbocycles. The Hall–Kier alpha value is -1.77. The zero-order valence-electron chi connectivity index (χ0n) is 14.2. The lowest BCUT2D eigenvalue weighted by Gasteiger charge is -2.28. The molecule has 0 bridgehead atoms. The lowest BCUT2D eigenvalue weighted by Crippen LogP contribution is -2.33. The van der Waals surface area contributed by atoms with Gasteiger partial charge in [0, 0.05) is 6.54 Å². The zero-order chi connectivity index (χ0) is 16.5. The topological polar surface area (TPSA) is 40.5 Å². The summed E-state index contributed by atoms with van der Waals surface area (Å²) in [5.41, 5.74) is 2.39. The number of carbonyl (C=O) groups is 1. The molecule has 0 fully saturated rings. The first-order valence-corrected chi connectivity index (χ1v) is 8.09. The van der Waals surface area contributed by atoms with Gasteiger partial charge < -0.3 is 10.0 Å². The van der Waals surface area contributed by atoms with Gasteiger partial charge in [-0.3, -0.25) is 0 Å². The standard InChI is InChI=1S/C19H29NO2/c1-15(2)9-8-10-16(3)13-14-20(19(21)22)17(4)18-11-6-5-7-12-18/h5-7,9,11-12,16-17H,8,10,13-14H2,1-4H3,(H,21,22)/t16?,17-/m1/s1. The molecule has 22 heavy (non-hydrogen) atoms. The quantitative estimate of drug-likeness (QED) is 0.644. The summed E-state index contributed by atoms with van der Waals surface area (Å²) in [4.78, 5) is 13.1. The molecule has 122 valence electrons. The first-order chi connectivity index (χ1) is 10.4. The van der Waals surface area contributed by atoms with Gasteiger partial charge >= 0.3 is 6.09 Å². The second-order valence-corrected chi connectivity index (χ2v) is 6.32. The largest absolute Gasteiger partial charge is 0.465 e. The Balaban J connectivity index is 2.54. The molecular weight excluding hydrogens is 274 g/mol. The molecule has 0 radical (unpaired) electrons. The van der Waals surface area contributed by atoms with E-state index < -0.39 is 6.09 Å². The van der Waals surface area contributed by atoms with E-state index in [9.17, 15) is 9.90 Å². The van der Waals surface area contributed by atoms with Gasteiger partial charge in [0.25, 0.3) is 0 Å². The maximum atomic E-state index is 11.5. The van der Waals surface area contributed by atoms with Crippen molar-refractivity contribution in [2.75, 3.05) is 6.54 Å². The summed E-state index contributed by atoms with van der Waals surface area (Å²) < 4.78 is 0. The van der Waals surface area contributed by atoms with Crippen molar-refractivity contribution in [2.24, 2.45) is 5.92 Å². The number of nitrogens with zero attached hydrogens (tertiary/aromatic N) is 1. The van der Waals surface area contributed by atoms with Crippen molar-refractivity contribution < 1.29 is 9.90 Å². The molecule has 2 atom stereocenters. The molecule has 1 amide bonds. The van der Waals surface area contributed by atoms with Crippen LogP contribution in [0.15, 0.2) is 42.0 Å². The minimum absolute atomic E-state index is 0.108. The predicted molar refractivity (Wildman–Crippen MR) is 92.0 cm³/mol. The Morgan fingerprint density at radius 3 is 2.36 bits per heavy atom. The minimum atomic E-state index is -0.840. The molecule has 3 nitrogen and oxygen atoms in total. The third kappa shape index (κ3) is 6.33. The molecule has 1 N–H and O–H groups in total. The van der Waals surface area contributed by atoms with E-state index in [4.69, 9.17) is 0 Å². The van der Waals surface area contributed by atoms with Crippen molar-refractivity contribution >= 4 is 6.09 Å². The number of amides is 1. The van der Waals surface area contributed by atoms with Crippen molar-refractivity contribution in [1.29, 1.82) is 0 Å². The second kappa shape index (κ2) is 9.29. The van der Waals surface area contributed by atoms with E-state index in [1.54, 1.807) is 4.90 Å². The van der Waals surface area contributed by atoms with Gasteiger partial charge in [0.2, 0.25) is 0 Å². The van der Waals surface area contributed by atoms with Gasteiger partial charge in [0.15, 0.2) is 0 Å². The molecule has 1 aromatic rings. The summed E-state index contributed by atoms with van der Waals surface area (Å²) in [5.74, 6) is 0.528. The Morgan fingerprint density at radius 1 is 1.18 bits per heavy atom. The average Bonchev–Trinajstić information content (AvgIpc) is 2.47. The number of hydrogen-bond donors (Lipinski definition) is 1. The van der Waals surface area contributed by atoms with Crippen LogP contribution < -0.4 is 0 Å². The van der Waals surface area contributed by atoms with Crippen molar-refractivity contribution in [3.05, 3.63) is 47.5 Å². The summed E-state index contributed by atoms with van der Waals surface area (Å²) in [7, 11) is 0. The molecule has 0 saturated heterocycles. The Labute approximate surface area is 134 Å². The van der Waals surface area contributed by atoms with Crippen LogP contribution in [0.4, 0.5) is 4.79 Å². The molecule has 0 aliphatic heterocycles. The molecule has 1 aromatic carbocycles. The minimum Gasteiger partial charge on any atom is -0.465 e. The SMILES string of the molecule is CC(C)=CCCC(C)CCN(C(=O)O)[C@H](C)c1ccccc1. The summed E-state index contributed by atoms with van der Waals surface area (Å²) >= 11 is 0. The van der Waals surface area contributed by atoms with E-state index >= 15 is 0 Å². The van der Waals surface area contributed by atoms with Crippen LogP contribution in [0.25, 0.3) is 0 Å². The van der Waals surface area contributed by atoms with E-state index in [1.165, 1.54) is 5.57 Å². The Bertz CT molecular complexity index is 477. The molecule has 0 heterocycles. The van der Waals surface area contributed by atoms with Gasteiger partial charge in [-0.1, -0.05) is 48.9 Å². The molecule has 0 saturated carbocycles. The highest BCUT2D eigenvalue weighted by molar-refractivity contribution is 5.65. The zero-order valence-corrected chi connectivity index (χ0v) is 14.2. The first-order valence-electron chi connectivity index (χ1n) is 8.09. The normalized spacial score (nSPS) is 13.3. The molecule has 1 unspecified atom stereocenters. The van der Waals surface area contributed by atoms with E-state index in [0.717, 1.165) is 24.8 Å². The lowest BCUT2D eigenvalue weighted by molar-refractivity contribution is 0.124. The van der Waals surface area contributed by atoms with Crippen molar-refractivity contribution in [2.45, 2.75) is 53.0 Å². The number of hydrogen-bond acceptors (Lipinski definition) is 1. The van der Waals surface area contributed by atoms with Crippen LogP contribution >= 0.6 is 0 Å². The third-order valence-corrected chi connectivity index (χ3v) is 4.07. The maximum Gasteiger partial charge on any atom is 0.407 e. The summed E-state index contributed by atoms with van der Waals surface area (Å²) in [6, 6.07) is 9.72. The van der Waals surface area contributed by atoms with E-state index in [2.05, 4.69) is 26.8 Å². The van der Waals surface area contributed by atoms with Crippen LogP contribution in [0.1, 0.15) is 58.6 Å². The highest BCUT2D eigenvalue weighted by Crippen LogP contribution is 2.22. The molecule has 0 spiro atoms. The average molecular weight is 303 g/mol. The van der Waals surface area contributed by atoms with Crippen LogP contribution in [0.2, 0.25) is 0 Å². The van der Waals surface area contributed by atoms with Crippen LogP contribution in [0.3, 0.4) is 0 Å². The Kier molecular flexibility index (Phi) is 7.72. The molecule has 1 rings (SSSR count). The van der Waals surface area contributed by atoms with Crippen LogP contribution in [-0.2, 0) is 0 Å². The van der Waals surface area contributed by atoms with Crippen molar-refractivity contribution in [1.82, 2.24) is 4.90 Å². The van der Waals surface area contributed by atoms with Gasteiger partial charge in [-0.25, -0.2) is 4.79 Å².